The molecule has 4 aromatic rings. The molecule has 6 heteroatoms. The molecule has 5 nitrogen and oxygen atoms in total. The standard InChI is InChI=1S/C33H37N5S/c1-6-24(19-25-15-17-34-18-16-25)20-26(7-2)29-12-13-30-33(36-29)32(38-37-30)23(5)35-28-10-8-9-27(22(28)4)31-14-11-21(3)39-31/h6-14,20,25,34-35H,1,5,15-19H2,2-4H3,(H,37,38)/b24-20+,26-7+. The van der Waals surface area contributed by atoms with Crippen molar-refractivity contribution in [2.45, 2.75) is 40.0 Å². The fraction of sp³-hybridized carbons (Fsp3) is 0.273. The van der Waals surface area contributed by atoms with Crippen LogP contribution in [-0.2, 0) is 0 Å². The maximum Gasteiger partial charge on any atom is 0.134 e. The lowest BCUT2D eigenvalue weighted by atomic mass is 9.90. The molecule has 0 bridgehead atoms. The van der Waals surface area contributed by atoms with Gasteiger partial charge in [-0.25, -0.2) is 4.98 Å². The second kappa shape index (κ2) is 12.0. The molecule has 3 N–H and O–H groups in total. The summed E-state index contributed by atoms with van der Waals surface area (Å²) in [6, 6.07) is 14.8. The lowest BCUT2D eigenvalue weighted by Crippen LogP contribution is -2.27. The topological polar surface area (TPSA) is 65.6 Å². The molecule has 5 rings (SSSR count). The van der Waals surface area contributed by atoms with E-state index in [4.69, 9.17) is 4.98 Å². The third-order valence-electron chi connectivity index (χ3n) is 7.51. The summed E-state index contributed by atoms with van der Waals surface area (Å²) in [6.07, 6.45) is 9.82. The van der Waals surface area contributed by atoms with E-state index in [1.807, 2.05) is 29.5 Å². The number of thiophene rings is 1. The molecule has 39 heavy (non-hydrogen) atoms. The Morgan fingerprint density at radius 1 is 1.13 bits per heavy atom. The minimum absolute atomic E-state index is 0.699. The van der Waals surface area contributed by atoms with E-state index in [9.17, 15) is 0 Å². The number of rotatable bonds is 9. The molecule has 0 aliphatic carbocycles. The van der Waals surface area contributed by atoms with Crippen molar-refractivity contribution < 1.29 is 0 Å². The van der Waals surface area contributed by atoms with Gasteiger partial charge >= 0.3 is 0 Å². The Balaban J connectivity index is 1.40. The van der Waals surface area contributed by atoms with Crippen LogP contribution in [0, 0.1) is 19.8 Å². The highest BCUT2D eigenvalue weighted by Gasteiger charge is 2.16. The first-order chi connectivity index (χ1) is 19.0. The summed E-state index contributed by atoms with van der Waals surface area (Å²) < 4.78 is 0. The minimum Gasteiger partial charge on any atom is -0.354 e. The van der Waals surface area contributed by atoms with Crippen molar-refractivity contribution in [1.29, 1.82) is 0 Å². The van der Waals surface area contributed by atoms with Gasteiger partial charge in [0, 0.05) is 15.4 Å². The molecular formula is C33H37N5S. The first-order valence-electron chi connectivity index (χ1n) is 13.6. The second-order valence-corrected chi connectivity index (χ2v) is 11.5. The summed E-state index contributed by atoms with van der Waals surface area (Å²) >= 11 is 1.81. The highest BCUT2D eigenvalue weighted by molar-refractivity contribution is 7.15. The summed E-state index contributed by atoms with van der Waals surface area (Å²) in [5.41, 5.74) is 9.80. The Labute approximate surface area is 235 Å². The zero-order valence-corrected chi connectivity index (χ0v) is 23.9. The third kappa shape index (κ3) is 5.97. The average Bonchev–Trinajstić information content (AvgIpc) is 3.58. The quantitative estimate of drug-likeness (QED) is 0.189. The van der Waals surface area contributed by atoms with Crippen molar-refractivity contribution in [2.75, 3.05) is 18.4 Å². The van der Waals surface area contributed by atoms with Crippen molar-refractivity contribution in [3.8, 4) is 10.4 Å². The maximum atomic E-state index is 5.04. The molecule has 1 saturated heterocycles. The summed E-state index contributed by atoms with van der Waals surface area (Å²) in [7, 11) is 0. The molecule has 0 saturated carbocycles. The number of allylic oxidation sites excluding steroid dienone is 5. The normalized spacial score (nSPS) is 15.1. The monoisotopic (exact) mass is 535 g/mol. The van der Waals surface area contributed by atoms with Gasteiger partial charge in [-0.15, -0.1) is 11.3 Å². The fourth-order valence-electron chi connectivity index (χ4n) is 5.23. The number of aromatic nitrogens is 3. The Morgan fingerprint density at radius 2 is 1.95 bits per heavy atom. The van der Waals surface area contributed by atoms with Gasteiger partial charge in [0.05, 0.1) is 16.9 Å². The molecule has 1 fully saturated rings. The number of piperidine rings is 1. The van der Waals surface area contributed by atoms with Crippen molar-refractivity contribution in [1.82, 2.24) is 20.5 Å². The minimum atomic E-state index is 0.699. The van der Waals surface area contributed by atoms with E-state index < -0.39 is 0 Å². The predicted molar refractivity (Wildman–Crippen MR) is 168 cm³/mol. The predicted octanol–water partition coefficient (Wildman–Crippen LogP) is 8.29. The summed E-state index contributed by atoms with van der Waals surface area (Å²) in [5, 5.41) is 14.7. The molecule has 0 spiro atoms. The Hall–Kier alpha value is -3.74. The highest BCUT2D eigenvalue weighted by atomic mass is 32.1. The van der Waals surface area contributed by atoms with E-state index in [2.05, 4.69) is 97.2 Å². The number of aryl methyl sites for hydroxylation is 1. The molecule has 1 aliphatic rings. The van der Waals surface area contributed by atoms with Gasteiger partial charge in [0.2, 0.25) is 0 Å². The number of aromatic amines is 1. The summed E-state index contributed by atoms with van der Waals surface area (Å²) in [6.45, 7) is 17.0. The Kier molecular flexibility index (Phi) is 8.24. The molecule has 4 heterocycles. The third-order valence-corrected chi connectivity index (χ3v) is 8.55. The molecule has 1 aliphatic heterocycles. The maximum absolute atomic E-state index is 5.04. The van der Waals surface area contributed by atoms with E-state index in [1.54, 1.807) is 0 Å². The number of anilines is 1. The number of pyridine rings is 1. The molecule has 0 amide bonds. The molecule has 200 valence electrons. The number of H-pyrrole nitrogens is 1. The average molecular weight is 536 g/mol. The van der Waals surface area contributed by atoms with E-state index in [0.717, 1.165) is 53.2 Å². The number of hydrogen-bond donors (Lipinski definition) is 3. The van der Waals surface area contributed by atoms with E-state index in [-0.39, 0.29) is 0 Å². The second-order valence-electron chi connectivity index (χ2n) is 10.2. The summed E-state index contributed by atoms with van der Waals surface area (Å²) in [4.78, 5) is 7.61. The van der Waals surface area contributed by atoms with Crippen LogP contribution in [-0.4, -0.2) is 28.3 Å². The SMILES string of the molecule is C=C/C(=C\C(=C/C)c1ccc2[nH]nc(C(=C)Nc3cccc(-c4ccc(C)s4)c3C)c2n1)CC1CCNCC1. The number of nitrogens with zero attached hydrogens (tertiary/aromatic N) is 2. The van der Waals surface area contributed by atoms with Gasteiger partial charge < -0.3 is 10.6 Å². The smallest absolute Gasteiger partial charge is 0.134 e. The molecule has 0 radical (unpaired) electrons. The van der Waals surface area contributed by atoms with Crippen LogP contribution in [0.2, 0.25) is 0 Å². The van der Waals surface area contributed by atoms with Crippen LogP contribution in [0.15, 0.2) is 79.4 Å². The number of hydrogen-bond acceptors (Lipinski definition) is 5. The summed E-state index contributed by atoms with van der Waals surface area (Å²) in [5.74, 6) is 0.699. The van der Waals surface area contributed by atoms with Crippen molar-refractivity contribution in [3.63, 3.8) is 0 Å². The van der Waals surface area contributed by atoms with Crippen LogP contribution in [0.3, 0.4) is 0 Å². The van der Waals surface area contributed by atoms with Crippen LogP contribution < -0.4 is 10.6 Å². The molecule has 0 atom stereocenters. The van der Waals surface area contributed by atoms with Crippen molar-refractivity contribution in [2.24, 2.45) is 5.92 Å². The fourth-order valence-corrected chi connectivity index (χ4v) is 6.18. The number of benzene rings is 1. The van der Waals surface area contributed by atoms with Crippen molar-refractivity contribution >= 4 is 39.3 Å². The van der Waals surface area contributed by atoms with Gasteiger partial charge in [0.25, 0.3) is 0 Å². The van der Waals surface area contributed by atoms with E-state index in [1.165, 1.54) is 39.3 Å². The number of fused-ring (bicyclic) bond motifs is 1. The Morgan fingerprint density at radius 3 is 2.67 bits per heavy atom. The van der Waals surface area contributed by atoms with Gasteiger partial charge in [-0.05, 0) is 118 Å². The lowest BCUT2D eigenvalue weighted by molar-refractivity contribution is 0.374. The van der Waals surface area contributed by atoms with Crippen LogP contribution in [0.5, 0.6) is 0 Å². The van der Waals surface area contributed by atoms with Crippen LogP contribution in [0.4, 0.5) is 5.69 Å². The van der Waals surface area contributed by atoms with E-state index >= 15 is 0 Å². The first-order valence-corrected chi connectivity index (χ1v) is 14.5. The molecule has 0 unspecified atom stereocenters. The van der Waals surface area contributed by atoms with Crippen LogP contribution in [0.1, 0.15) is 48.0 Å². The van der Waals surface area contributed by atoms with Crippen molar-refractivity contribution in [3.05, 3.63) is 101 Å². The first kappa shape index (κ1) is 26.9. The molecular weight excluding hydrogens is 498 g/mol. The van der Waals surface area contributed by atoms with Gasteiger partial charge in [-0.3, -0.25) is 5.10 Å². The lowest BCUT2D eigenvalue weighted by Gasteiger charge is -2.23. The van der Waals surface area contributed by atoms with E-state index in [0.29, 0.717) is 11.6 Å². The molecule has 3 aromatic heterocycles. The van der Waals surface area contributed by atoms with Gasteiger partial charge in [-0.2, -0.15) is 5.10 Å². The van der Waals surface area contributed by atoms with Crippen LogP contribution >= 0.6 is 11.3 Å². The zero-order valence-electron chi connectivity index (χ0n) is 23.1. The molecule has 1 aromatic carbocycles. The van der Waals surface area contributed by atoms with Gasteiger partial charge in [0.1, 0.15) is 11.2 Å². The highest BCUT2D eigenvalue weighted by Crippen LogP contribution is 2.35. The number of nitrogens with one attached hydrogen (secondary N) is 3. The largest absolute Gasteiger partial charge is 0.354 e. The van der Waals surface area contributed by atoms with Crippen LogP contribution in [0.25, 0.3) is 32.7 Å². The Bertz CT molecular complexity index is 1560. The van der Waals surface area contributed by atoms with Gasteiger partial charge in [-0.1, -0.05) is 37.4 Å². The van der Waals surface area contributed by atoms with Gasteiger partial charge in [0.15, 0.2) is 0 Å². The zero-order chi connectivity index (χ0) is 27.4.